The Hall–Kier alpha value is -2.49. The number of hydrogen-bond donors (Lipinski definition) is 1. The van der Waals surface area contributed by atoms with Crippen LogP contribution in [0.3, 0.4) is 0 Å². The van der Waals surface area contributed by atoms with E-state index in [1.54, 1.807) is 0 Å². The smallest absolute Gasteiger partial charge is 0.258 e. The van der Waals surface area contributed by atoms with Crippen molar-refractivity contribution in [2.75, 3.05) is 24.6 Å². The van der Waals surface area contributed by atoms with E-state index >= 15 is 0 Å². The summed E-state index contributed by atoms with van der Waals surface area (Å²) in [5.41, 5.74) is 4.54. The second-order valence-electron chi connectivity index (χ2n) is 7.10. The van der Waals surface area contributed by atoms with E-state index in [9.17, 15) is 4.79 Å². The molecule has 1 amide bonds. The third-order valence-corrected chi connectivity index (χ3v) is 4.70. The van der Waals surface area contributed by atoms with Crippen LogP contribution in [0.2, 0.25) is 0 Å². The third-order valence-electron chi connectivity index (χ3n) is 4.70. The molecule has 27 heavy (non-hydrogen) atoms. The highest BCUT2D eigenvalue weighted by Gasteiger charge is 2.10. The summed E-state index contributed by atoms with van der Waals surface area (Å²) in [6.45, 7) is 13.1. The van der Waals surface area contributed by atoms with Gasteiger partial charge in [0.2, 0.25) is 0 Å². The average Bonchev–Trinajstić information content (AvgIpc) is 2.66. The first-order valence-electron chi connectivity index (χ1n) is 9.78. The number of hydrogen-bond acceptors (Lipinski definition) is 3. The van der Waals surface area contributed by atoms with Gasteiger partial charge in [0.25, 0.3) is 5.91 Å². The number of anilines is 1. The quantitative estimate of drug-likeness (QED) is 0.700. The van der Waals surface area contributed by atoms with E-state index in [1.807, 2.05) is 13.0 Å². The Morgan fingerprint density at radius 3 is 2.33 bits per heavy atom. The number of benzene rings is 2. The van der Waals surface area contributed by atoms with Crippen LogP contribution in [0, 0.1) is 6.92 Å². The fourth-order valence-corrected chi connectivity index (χ4v) is 3.05. The number of rotatable bonds is 9. The van der Waals surface area contributed by atoms with Crippen molar-refractivity contribution in [3.8, 4) is 5.75 Å². The molecule has 0 fully saturated rings. The molecular weight excluding hydrogens is 336 g/mol. The standard InChI is InChI=1S/C23H32N2O2/c1-6-25(7-2)20-11-9-19(10-12-20)15-24-23(26)16-27-22-14-18(5)8-13-21(22)17(3)4/h8-14,17H,6-7,15-16H2,1-5H3,(H,24,26). The van der Waals surface area contributed by atoms with Gasteiger partial charge >= 0.3 is 0 Å². The second-order valence-corrected chi connectivity index (χ2v) is 7.10. The molecule has 0 aliphatic carbocycles. The highest BCUT2D eigenvalue weighted by atomic mass is 16.5. The van der Waals surface area contributed by atoms with Gasteiger partial charge in [-0.15, -0.1) is 0 Å². The van der Waals surface area contributed by atoms with Gasteiger partial charge in [-0.2, -0.15) is 0 Å². The minimum absolute atomic E-state index is 0.0285. The lowest BCUT2D eigenvalue weighted by Crippen LogP contribution is -2.28. The van der Waals surface area contributed by atoms with Gasteiger partial charge in [0.05, 0.1) is 0 Å². The van der Waals surface area contributed by atoms with E-state index < -0.39 is 0 Å². The van der Waals surface area contributed by atoms with Crippen LogP contribution in [0.4, 0.5) is 5.69 Å². The first kappa shape index (κ1) is 20.8. The molecule has 2 rings (SSSR count). The molecule has 0 heterocycles. The maximum Gasteiger partial charge on any atom is 0.258 e. The Labute approximate surface area is 163 Å². The van der Waals surface area contributed by atoms with Crippen LogP contribution in [-0.4, -0.2) is 25.6 Å². The Morgan fingerprint density at radius 1 is 1.07 bits per heavy atom. The number of ether oxygens (including phenoxy) is 1. The lowest BCUT2D eigenvalue weighted by molar-refractivity contribution is -0.123. The molecule has 0 radical (unpaired) electrons. The van der Waals surface area contributed by atoms with E-state index in [4.69, 9.17) is 4.74 Å². The molecule has 0 unspecified atom stereocenters. The van der Waals surface area contributed by atoms with Gasteiger partial charge in [-0.3, -0.25) is 4.79 Å². The number of carbonyl (C=O) groups excluding carboxylic acids is 1. The van der Waals surface area contributed by atoms with Crippen molar-refractivity contribution >= 4 is 11.6 Å². The zero-order chi connectivity index (χ0) is 19.8. The summed E-state index contributed by atoms with van der Waals surface area (Å²) < 4.78 is 5.79. The number of nitrogens with zero attached hydrogens (tertiary/aromatic N) is 1. The predicted molar refractivity (Wildman–Crippen MR) is 113 cm³/mol. The van der Waals surface area contributed by atoms with Gasteiger partial charge in [-0.05, 0) is 61.6 Å². The van der Waals surface area contributed by atoms with E-state index in [0.29, 0.717) is 12.5 Å². The van der Waals surface area contributed by atoms with Gasteiger partial charge in [0.1, 0.15) is 5.75 Å². The summed E-state index contributed by atoms with van der Waals surface area (Å²) in [5.74, 6) is 1.04. The van der Waals surface area contributed by atoms with Crippen LogP contribution in [0.1, 0.15) is 50.3 Å². The Morgan fingerprint density at radius 2 is 1.74 bits per heavy atom. The van der Waals surface area contributed by atoms with Gasteiger partial charge in [-0.25, -0.2) is 0 Å². The summed E-state index contributed by atoms with van der Waals surface area (Å²) in [5, 5.41) is 2.93. The van der Waals surface area contributed by atoms with Gasteiger partial charge in [-0.1, -0.05) is 38.1 Å². The first-order valence-corrected chi connectivity index (χ1v) is 9.78. The Bertz CT molecular complexity index is 735. The predicted octanol–water partition coefficient (Wildman–Crippen LogP) is 4.66. The largest absolute Gasteiger partial charge is 0.483 e. The van der Waals surface area contributed by atoms with E-state index in [-0.39, 0.29) is 12.5 Å². The topological polar surface area (TPSA) is 41.6 Å². The number of amides is 1. The Kier molecular flexibility index (Phi) is 7.71. The van der Waals surface area contributed by atoms with Crippen LogP contribution in [0.15, 0.2) is 42.5 Å². The average molecular weight is 369 g/mol. The normalized spacial score (nSPS) is 10.7. The van der Waals surface area contributed by atoms with Crippen molar-refractivity contribution in [1.82, 2.24) is 5.32 Å². The van der Waals surface area contributed by atoms with Crippen molar-refractivity contribution < 1.29 is 9.53 Å². The zero-order valence-electron chi connectivity index (χ0n) is 17.2. The molecule has 4 nitrogen and oxygen atoms in total. The summed E-state index contributed by atoms with van der Waals surface area (Å²) in [6, 6.07) is 14.5. The number of carbonyl (C=O) groups is 1. The summed E-state index contributed by atoms with van der Waals surface area (Å²) in [7, 11) is 0. The molecule has 0 atom stereocenters. The van der Waals surface area contributed by atoms with Gasteiger partial charge in [0.15, 0.2) is 6.61 Å². The van der Waals surface area contributed by atoms with E-state index in [2.05, 4.69) is 74.3 Å². The molecule has 4 heteroatoms. The van der Waals surface area contributed by atoms with Gasteiger partial charge < -0.3 is 15.0 Å². The maximum absolute atomic E-state index is 12.2. The van der Waals surface area contributed by atoms with Crippen LogP contribution in [0.5, 0.6) is 5.75 Å². The molecule has 0 saturated heterocycles. The lowest BCUT2D eigenvalue weighted by Gasteiger charge is -2.21. The van der Waals surface area contributed by atoms with Crippen LogP contribution >= 0.6 is 0 Å². The molecule has 1 N–H and O–H groups in total. The molecule has 0 aromatic heterocycles. The SMILES string of the molecule is CCN(CC)c1ccc(CNC(=O)COc2cc(C)ccc2C(C)C)cc1. The Balaban J connectivity index is 1.87. The molecule has 2 aromatic carbocycles. The monoisotopic (exact) mass is 368 g/mol. The van der Waals surface area contributed by atoms with Crippen molar-refractivity contribution in [2.45, 2.75) is 47.1 Å². The van der Waals surface area contributed by atoms with Crippen LogP contribution in [-0.2, 0) is 11.3 Å². The van der Waals surface area contributed by atoms with E-state index in [0.717, 1.165) is 35.5 Å². The minimum atomic E-state index is -0.112. The molecule has 0 saturated carbocycles. The van der Waals surface area contributed by atoms with Crippen LogP contribution < -0.4 is 15.0 Å². The highest BCUT2D eigenvalue weighted by molar-refractivity contribution is 5.77. The molecular formula is C23H32N2O2. The number of nitrogens with one attached hydrogen (secondary N) is 1. The van der Waals surface area contributed by atoms with Gasteiger partial charge in [0, 0.05) is 25.3 Å². The summed E-state index contributed by atoms with van der Waals surface area (Å²) in [4.78, 5) is 14.5. The van der Waals surface area contributed by atoms with Crippen molar-refractivity contribution in [2.24, 2.45) is 0 Å². The maximum atomic E-state index is 12.2. The molecule has 0 aliphatic heterocycles. The molecule has 0 spiro atoms. The highest BCUT2D eigenvalue weighted by Crippen LogP contribution is 2.27. The van der Waals surface area contributed by atoms with Crippen molar-refractivity contribution in [1.29, 1.82) is 0 Å². The van der Waals surface area contributed by atoms with E-state index in [1.165, 1.54) is 5.69 Å². The lowest BCUT2D eigenvalue weighted by atomic mass is 10.0. The number of aryl methyl sites for hydroxylation is 1. The van der Waals surface area contributed by atoms with Crippen LogP contribution in [0.25, 0.3) is 0 Å². The molecule has 0 aliphatic rings. The summed E-state index contributed by atoms with van der Waals surface area (Å²) >= 11 is 0. The van der Waals surface area contributed by atoms with Crippen molar-refractivity contribution in [3.63, 3.8) is 0 Å². The third kappa shape index (κ3) is 6.02. The molecule has 2 aromatic rings. The summed E-state index contributed by atoms with van der Waals surface area (Å²) in [6.07, 6.45) is 0. The van der Waals surface area contributed by atoms with Crippen molar-refractivity contribution in [3.05, 3.63) is 59.2 Å². The minimum Gasteiger partial charge on any atom is -0.483 e. The zero-order valence-corrected chi connectivity index (χ0v) is 17.2. The first-order chi connectivity index (χ1) is 12.9. The fourth-order valence-electron chi connectivity index (χ4n) is 3.05. The second kappa shape index (κ2) is 10.0. The molecule has 146 valence electrons. The fraction of sp³-hybridized carbons (Fsp3) is 0.435. The molecule has 0 bridgehead atoms.